The predicted octanol–water partition coefficient (Wildman–Crippen LogP) is 4.02. The summed E-state index contributed by atoms with van der Waals surface area (Å²) in [5.41, 5.74) is 4.61. The van der Waals surface area contributed by atoms with E-state index in [1.54, 1.807) is 0 Å². The SMILES string of the molecule is Cc1ccc2[nH]c(C)c(C(=O)c3ccccc3)c2c1. The number of rotatable bonds is 2. The van der Waals surface area contributed by atoms with Gasteiger partial charge >= 0.3 is 0 Å². The van der Waals surface area contributed by atoms with Gasteiger partial charge in [-0.2, -0.15) is 0 Å². The molecular formula is C17H15NO. The van der Waals surface area contributed by atoms with Crippen LogP contribution in [0.25, 0.3) is 10.9 Å². The quantitative estimate of drug-likeness (QED) is 0.684. The van der Waals surface area contributed by atoms with Crippen LogP contribution in [0.15, 0.2) is 48.5 Å². The van der Waals surface area contributed by atoms with Crippen molar-refractivity contribution in [2.24, 2.45) is 0 Å². The first-order valence-corrected chi connectivity index (χ1v) is 6.35. The van der Waals surface area contributed by atoms with Gasteiger partial charge in [0.25, 0.3) is 0 Å². The third-order valence-corrected chi connectivity index (χ3v) is 3.40. The van der Waals surface area contributed by atoms with Crippen LogP contribution in [-0.2, 0) is 0 Å². The van der Waals surface area contributed by atoms with E-state index >= 15 is 0 Å². The minimum atomic E-state index is 0.0787. The van der Waals surface area contributed by atoms with Gasteiger partial charge in [-0.15, -0.1) is 0 Å². The summed E-state index contributed by atoms with van der Waals surface area (Å²) >= 11 is 0. The zero-order valence-corrected chi connectivity index (χ0v) is 11.0. The van der Waals surface area contributed by atoms with Crippen molar-refractivity contribution in [2.45, 2.75) is 13.8 Å². The molecule has 1 aromatic heterocycles. The summed E-state index contributed by atoms with van der Waals surface area (Å²) in [6, 6.07) is 15.6. The van der Waals surface area contributed by atoms with Crippen molar-refractivity contribution in [2.75, 3.05) is 0 Å². The minimum Gasteiger partial charge on any atom is -0.358 e. The van der Waals surface area contributed by atoms with Gasteiger partial charge in [0.05, 0.1) is 5.56 Å². The monoisotopic (exact) mass is 249 g/mol. The molecule has 94 valence electrons. The fraction of sp³-hybridized carbons (Fsp3) is 0.118. The van der Waals surface area contributed by atoms with Gasteiger partial charge in [-0.1, -0.05) is 42.0 Å². The number of aryl methyl sites for hydroxylation is 2. The average molecular weight is 249 g/mol. The van der Waals surface area contributed by atoms with Gasteiger partial charge in [-0.05, 0) is 26.0 Å². The van der Waals surface area contributed by atoms with Crippen molar-refractivity contribution < 1.29 is 4.79 Å². The second-order valence-corrected chi connectivity index (χ2v) is 4.87. The molecule has 3 rings (SSSR count). The number of benzene rings is 2. The molecule has 3 aromatic rings. The Kier molecular flexibility index (Phi) is 2.71. The summed E-state index contributed by atoms with van der Waals surface area (Å²) in [5, 5.41) is 1.01. The van der Waals surface area contributed by atoms with E-state index in [9.17, 15) is 4.79 Å². The maximum atomic E-state index is 12.6. The zero-order valence-electron chi connectivity index (χ0n) is 11.0. The number of hydrogen-bond acceptors (Lipinski definition) is 1. The number of aromatic amines is 1. The van der Waals surface area contributed by atoms with E-state index in [1.165, 1.54) is 0 Å². The lowest BCUT2D eigenvalue weighted by Crippen LogP contribution is -2.02. The summed E-state index contributed by atoms with van der Waals surface area (Å²) < 4.78 is 0. The molecule has 0 fully saturated rings. The van der Waals surface area contributed by atoms with E-state index in [-0.39, 0.29) is 5.78 Å². The molecule has 0 amide bonds. The smallest absolute Gasteiger partial charge is 0.195 e. The molecule has 0 saturated carbocycles. The highest BCUT2D eigenvalue weighted by Crippen LogP contribution is 2.25. The fourth-order valence-electron chi connectivity index (χ4n) is 2.47. The van der Waals surface area contributed by atoms with E-state index < -0.39 is 0 Å². The second kappa shape index (κ2) is 4.39. The second-order valence-electron chi connectivity index (χ2n) is 4.87. The van der Waals surface area contributed by atoms with Crippen LogP contribution in [0.2, 0.25) is 0 Å². The van der Waals surface area contributed by atoms with Crippen molar-refractivity contribution in [1.29, 1.82) is 0 Å². The number of fused-ring (bicyclic) bond motifs is 1. The number of aromatic nitrogens is 1. The van der Waals surface area contributed by atoms with Crippen LogP contribution in [0.4, 0.5) is 0 Å². The first-order valence-electron chi connectivity index (χ1n) is 6.35. The molecule has 0 atom stereocenters. The van der Waals surface area contributed by atoms with Crippen LogP contribution in [0.1, 0.15) is 27.2 Å². The fourth-order valence-corrected chi connectivity index (χ4v) is 2.47. The number of carbonyl (C=O) groups excluding carboxylic acids is 1. The first kappa shape index (κ1) is 11.7. The molecule has 0 aliphatic carbocycles. The van der Waals surface area contributed by atoms with Crippen LogP contribution in [0, 0.1) is 13.8 Å². The van der Waals surface area contributed by atoms with Crippen molar-refractivity contribution in [3.05, 3.63) is 70.9 Å². The van der Waals surface area contributed by atoms with E-state index in [2.05, 4.69) is 17.1 Å². The van der Waals surface area contributed by atoms with Crippen LogP contribution < -0.4 is 0 Å². The summed E-state index contributed by atoms with van der Waals surface area (Å²) in [6.07, 6.45) is 0. The molecule has 2 aromatic carbocycles. The molecule has 1 heterocycles. The Balaban J connectivity index is 2.22. The van der Waals surface area contributed by atoms with Gasteiger partial charge < -0.3 is 4.98 Å². The van der Waals surface area contributed by atoms with Crippen molar-refractivity contribution in [1.82, 2.24) is 4.98 Å². The van der Waals surface area contributed by atoms with Crippen LogP contribution >= 0.6 is 0 Å². The Morgan fingerprint density at radius 2 is 1.74 bits per heavy atom. The van der Waals surface area contributed by atoms with Crippen molar-refractivity contribution in [3.63, 3.8) is 0 Å². The largest absolute Gasteiger partial charge is 0.358 e. The lowest BCUT2D eigenvalue weighted by molar-refractivity contribution is 0.104. The Hall–Kier alpha value is -2.35. The maximum Gasteiger partial charge on any atom is 0.195 e. The predicted molar refractivity (Wildman–Crippen MR) is 77.6 cm³/mol. The Bertz CT molecular complexity index is 754. The normalized spacial score (nSPS) is 10.8. The molecule has 0 saturated heterocycles. The molecule has 2 nitrogen and oxygen atoms in total. The topological polar surface area (TPSA) is 32.9 Å². The highest BCUT2D eigenvalue weighted by molar-refractivity contribution is 6.17. The Morgan fingerprint density at radius 3 is 2.47 bits per heavy atom. The molecule has 2 heteroatoms. The Labute approximate surface area is 112 Å². The van der Waals surface area contributed by atoms with E-state index in [1.807, 2.05) is 50.2 Å². The molecule has 0 aliphatic heterocycles. The van der Waals surface area contributed by atoms with Crippen LogP contribution in [0.5, 0.6) is 0 Å². The maximum absolute atomic E-state index is 12.6. The van der Waals surface area contributed by atoms with E-state index in [0.717, 1.165) is 33.3 Å². The van der Waals surface area contributed by atoms with Gasteiger partial charge in [-0.3, -0.25) is 4.79 Å². The molecular weight excluding hydrogens is 234 g/mol. The highest BCUT2D eigenvalue weighted by Gasteiger charge is 2.17. The number of H-pyrrole nitrogens is 1. The van der Waals surface area contributed by atoms with Gasteiger partial charge in [0.15, 0.2) is 5.78 Å². The average Bonchev–Trinajstić information content (AvgIpc) is 2.74. The third kappa shape index (κ3) is 1.95. The molecule has 0 aliphatic rings. The van der Waals surface area contributed by atoms with Crippen LogP contribution in [-0.4, -0.2) is 10.8 Å². The molecule has 0 unspecified atom stereocenters. The van der Waals surface area contributed by atoms with E-state index in [4.69, 9.17) is 0 Å². The summed E-state index contributed by atoms with van der Waals surface area (Å²) in [7, 11) is 0. The van der Waals surface area contributed by atoms with Crippen molar-refractivity contribution >= 4 is 16.7 Å². The number of hydrogen-bond donors (Lipinski definition) is 1. The van der Waals surface area contributed by atoms with Crippen molar-refractivity contribution in [3.8, 4) is 0 Å². The van der Waals surface area contributed by atoms with Crippen LogP contribution in [0.3, 0.4) is 0 Å². The lowest BCUT2D eigenvalue weighted by atomic mass is 10.00. The number of carbonyl (C=O) groups is 1. The highest BCUT2D eigenvalue weighted by atomic mass is 16.1. The standard InChI is InChI=1S/C17H15NO/c1-11-8-9-15-14(10-11)16(12(2)18-15)17(19)13-6-4-3-5-7-13/h3-10,18H,1-2H3. The summed E-state index contributed by atoms with van der Waals surface area (Å²) in [6.45, 7) is 3.99. The van der Waals surface area contributed by atoms with Gasteiger partial charge in [0.1, 0.15) is 0 Å². The molecule has 0 radical (unpaired) electrons. The molecule has 19 heavy (non-hydrogen) atoms. The lowest BCUT2D eigenvalue weighted by Gasteiger charge is -2.01. The third-order valence-electron chi connectivity index (χ3n) is 3.40. The van der Waals surface area contributed by atoms with Gasteiger partial charge in [-0.25, -0.2) is 0 Å². The summed E-state index contributed by atoms with van der Waals surface area (Å²) in [4.78, 5) is 15.9. The zero-order chi connectivity index (χ0) is 13.4. The van der Waals surface area contributed by atoms with Gasteiger partial charge in [0.2, 0.25) is 0 Å². The minimum absolute atomic E-state index is 0.0787. The molecule has 1 N–H and O–H groups in total. The molecule has 0 spiro atoms. The number of nitrogens with one attached hydrogen (secondary N) is 1. The summed E-state index contributed by atoms with van der Waals surface area (Å²) in [5.74, 6) is 0.0787. The number of ketones is 1. The first-order chi connectivity index (χ1) is 9.16. The van der Waals surface area contributed by atoms with Gasteiger partial charge in [0, 0.05) is 22.2 Å². The Morgan fingerprint density at radius 1 is 1.00 bits per heavy atom. The van der Waals surface area contributed by atoms with E-state index in [0.29, 0.717) is 0 Å². The molecule has 0 bridgehead atoms.